The van der Waals surface area contributed by atoms with E-state index in [0.717, 1.165) is 10.8 Å². The predicted octanol–water partition coefficient (Wildman–Crippen LogP) is 3.32. The van der Waals surface area contributed by atoms with E-state index in [9.17, 15) is 9.59 Å². The number of hydrogen-bond donors (Lipinski definition) is 2. The van der Waals surface area contributed by atoms with E-state index in [4.69, 9.17) is 0 Å². The van der Waals surface area contributed by atoms with Crippen molar-refractivity contribution in [3.8, 4) is 0 Å². The second kappa shape index (κ2) is 6.97. The Kier molecular flexibility index (Phi) is 4.28. The molecule has 2 aliphatic heterocycles. The number of carbonyl (C=O) groups is 2. The minimum atomic E-state index is -0.375. The molecule has 146 valence electrons. The molecule has 2 fully saturated rings. The van der Waals surface area contributed by atoms with Crippen LogP contribution in [-0.4, -0.2) is 29.5 Å². The summed E-state index contributed by atoms with van der Waals surface area (Å²) in [4.78, 5) is 31.8. The molecule has 2 aromatic carbocycles. The Labute approximate surface area is 168 Å². The van der Waals surface area contributed by atoms with Crippen molar-refractivity contribution in [2.75, 3.05) is 11.4 Å². The van der Waals surface area contributed by atoms with Gasteiger partial charge in [-0.2, -0.15) is 0 Å². The molecule has 2 aliphatic rings. The van der Waals surface area contributed by atoms with Gasteiger partial charge in [0.05, 0.1) is 17.8 Å². The zero-order chi connectivity index (χ0) is 20.0. The predicted molar refractivity (Wildman–Crippen MR) is 112 cm³/mol. The summed E-state index contributed by atoms with van der Waals surface area (Å²) in [6.07, 6.45) is 4.02. The fourth-order valence-electron chi connectivity index (χ4n) is 4.54. The molecule has 3 atom stereocenters. The van der Waals surface area contributed by atoms with Crippen LogP contribution in [0.1, 0.15) is 23.6 Å². The van der Waals surface area contributed by atoms with Crippen molar-refractivity contribution in [3.63, 3.8) is 0 Å². The Balaban J connectivity index is 1.45. The lowest BCUT2D eigenvalue weighted by molar-refractivity contribution is -0.124. The normalized spacial score (nSPS) is 24.3. The molecular weight excluding hydrogens is 364 g/mol. The van der Waals surface area contributed by atoms with Crippen molar-refractivity contribution in [2.24, 2.45) is 5.92 Å². The van der Waals surface area contributed by atoms with Gasteiger partial charge in [-0.3, -0.25) is 9.78 Å². The number of pyridine rings is 1. The second-order valence-electron chi connectivity index (χ2n) is 7.77. The lowest BCUT2D eigenvalue weighted by Gasteiger charge is -2.43. The average molecular weight is 386 g/mol. The number of amides is 3. The topological polar surface area (TPSA) is 74.3 Å². The number of nitrogens with one attached hydrogen (secondary N) is 2. The molecular formula is C23H22N4O2. The van der Waals surface area contributed by atoms with Gasteiger partial charge in [0, 0.05) is 35.6 Å². The molecule has 0 bridgehead atoms. The van der Waals surface area contributed by atoms with Crippen LogP contribution < -0.4 is 15.5 Å². The number of fused-ring (bicyclic) bond motifs is 2. The first-order chi connectivity index (χ1) is 14.1. The van der Waals surface area contributed by atoms with Crippen LogP contribution in [0.2, 0.25) is 0 Å². The number of benzene rings is 2. The summed E-state index contributed by atoms with van der Waals surface area (Å²) in [6.45, 7) is 2.61. The molecule has 6 heteroatoms. The van der Waals surface area contributed by atoms with Gasteiger partial charge in [0.1, 0.15) is 0 Å². The van der Waals surface area contributed by atoms with Gasteiger partial charge in [0.2, 0.25) is 5.91 Å². The van der Waals surface area contributed by atoms with Crippen LogP contribution in [0.3, 0.4) is 0 Å². The van der Waals surface area contributed by atoms with Crippen molar-refractivity contribution in [1.82, 2.24) is 15.6 Å². The summed E-state index contributed by atoms with van der Waals surface area (Å²) in [5.74, 6) is -0.473. The number of aromatic nitrogens is 1. The number of anilines is 1. The Morgan fingerprint density at radius 1 is 1.03 bits per heavy atom. The van der Waals surface area contributed by atoms with Crippen LogP contribution in [0, 0.1) is 12.8 Å². The van der Waals surface area contributed by atoms with E-state index in [2.05, 4.69) is 34.7 Å². The number of aryl methyl sites for hydroxylation is 1. The third kappa shape index (κ3) is 2.96. The van der Waals surface area contributed by atoms with Crippen LogP contribution in [0.4, 0.5) is 10.5 Å². The maximum Gasteiger partial charge on any atom is 0.329 e. The van der Waals surface area contributed by atoms with Gasteiger partial charge < -0.3 is 10.6 Å². The number of hydrogen-bond acceptors (Lipinski definition) is 4. The molecule has 0 spiro atoms. The van der Waals surface area contributed by atoms with Gasteiger partial charge in [-0.25, -0.2) is 9.69 Å². The maximum atomic E-state index is 13.3. The Morgan fingerprint density at radius 3 is 2.69 bits per heavy atom. The lowest BCUT2D eigenvalue weighted by atomic mass is 9.83. The van der Waals surface area contributed by atoms with E-state index in [-0.39, 0.29) is 29.9 Å². The molecule has 6 nitrogen and oxygen atoms in total. The lowest BCUT2D eigenvalue weighted by Crippen LogP contribution is -2.65. The highest BCUT2D eigenvalue weighted by atomic mass is 16.2. The molecule has 3 aromatic rings. The molecule has 3 unspecified atom stereocenters. The van der Waals surface area contributed by atoms with E-state index in [0.29, 0.717) is 18.7 Å². The number of imide groups is 1. The molecule has 5 rings (SSSR count). The first kappa shape index (κ1) is 17.8. The van der Waals surface area contributed by atoms with E-state index >= 15 is 0 Å². The van der Waals surface area contributed by atoms with Crippen LogP contribution in [0.5, 0.6) is 0 Å². The quantitative estimate of drug-likeness (QED) is 0.709. The second-order valence-corrected chi connectivity index (χ2v) is 7.77. The van der Waals surface area contributed by atoms with Crippen LogP contribution in [-0.2, 0) is 4.79 Å². The number of nitrogens with zero attached hydrogens (tertiary/aromatic N) is 2. The summed E-state index contributed by atoms with van der Waals surface area (Å²) < 4.78 is 0. The van der Waals surface area contributed by atoms with Gasteiger partial charge >= 0.3 is 6.03 Å². The average Bonchev–Trinajstić information content (AvgIpc) is 2.74. The molecule has 1 aromatic heterocycles. The smallest absolute Gasteiger partial charge is 0.329 e. The fraction of sp³-hybridized carbons (Fsp3) is 0.261. The summed E-state index contributed by atoms with van der Waals surface area (Å²) >= 11 is 0. The van der Waals surface area contributed by atoms with Crippen molar-refractivity contribution in [3.05, 3.63) is 72.1 Å². The molecule has 0 radical (unpaired) electrons. The molecule has 3 amide bonds. The number of carbonyl (C=O) groups excluding carboxylic acids is 2. The Bertz CT molecular complexity index is 1110. The van der Waals surface area contributed by atoms with E-state index < -0.39 is 0 Å². The number of urea groups is 1. The molecule has 29 heavy (non-hydrogen) atoms. The van der Waals surface area contributed by atoms with Crippen LogP contribution in [0.15, 0.2) is 60.9 Å². The van der Waals surface area contributed by atoms with Crippen LogP contribution >= 0.6 is 0 Å². The number of piperidine rings is 1. The van der Waals surface area contributed by atoms with Crippen LogP contribution in [0.25, 0.3) is 10.8 Å². The zero-order valence-corrected chi connectivity index (χ0v) is 16.1. The SMILES string of the molecule is Cc1ccccc1C1CC2NC(=O)N(c3cncc4ccccc34)C(=O)C2CN1. The summed E-state index contributed by atoms with van der Waals surface area (Å²) in [5.41, 5.74) is 2.96. The van der Waals surface area contributed by atoms with Crippen molar-refractivity contribution >= 4 is 28.4 Å². The largest absolute Gasteiger partial charge is 0.334 e. The zero-order valence-electron chi connectivity index (χ0n) is 16.1. The third-order valence-electron chi connectivity index (χ3n) is 6.06. The molecule has 0 aliphatic carbocycles. The van der Waals surface area contributed by atoms with Crippen molar-refractivity contribution in [2.45, 2.75) is 25.4 Å². The minimum absolute atomic E-state index is 0.122. The summed E-state index contributed by atoms with van der Waals surface area (Å²) in [5, 5.41) is 8.33. The number of rotatable bonds is 2. The van der Waals surface area contributed by atoms with Gasteiger partial charge in [-0.15, -0.1) is 0 Å². The highest BCUT2D eigenvalue weighted by Crippen LogP contribution is 2.34. The van der Waals surface area contributed by atoms with Crippen molar-refractivity contribution < 1.29 is 9.59 Å². The van der Waals surface area contributed by atoms with E-state index in [1.807, 2.05) is 36.4 Å². The summed E-state index contributed by atoms with van der Waals surface area (Å²) in [6, 6.07) is 15.5. The third-order valence-corrected chi connectivity index (χ3v) is 6.06. The summed E-state index contributed by atoms with van der Waals surface area (Å²) in [7, 11) is 0. The highest BCUT2D eigenvalue weighted by molar-refractivity contribution is 6.20. The Hall–Kier alpha value is -3.25. The molecule has 2 saturated heterocycles. The Morgan fingerprint density at radius 2 is 1.83 bits per heavy atom. The fourth-order valence-corrected chi connectivity index (χ4v) is 4.54. The van der Waals surface area contributed by atoms with Gasteiger partial charge in [0.25, 0.3) is 0 Å². The minimum Gasteiger partial charge on any atom is -0.334 e. The van der Waals surface area contributed by atoms with E-state index in [1.165, 1.54) is 16.0 Å². The van der Waals surface area contributed by atoms with Gasteiger partial charge in [-0.05, 0) is 24.5 Å². The highest BCUT2D eigenvalue weighted by Gasteiger charge is 2.45. The monoisotopic (exact) mass is 386 g/mol. The van der Waals surface area contributed by atoms with Gasteiger partial charge in [-0.1, -0.05) is 48.5 Å². The van der Waals surface area contributed by atoms with E-state index in [1.54, 1.807) is 12.4 Å². The molecule has 0 saturated carbocycles. The maximum absolute atomic E-state index is 13.3. The molecule has 3 heterocycles. The first-order valence-corrected chi connectivity index (χ1v) is 9.89. The first-order valence-electron chi connectivity index (χ1n) is 9.89. The van der Waals surface area contributed by atoms with Crippen molar-refractivity contribution in [1.29, 1.82) is 0 Å². The molecule has 2 N–H and O–H groups in total. The standard InChI is InChI=1S/C23H22N4O2/c1-14-6-2-4-8-16(14)19-10-20-18(12-25-19)22(28)27(23(29)26-20)21-13-24-11-15-7-3-5-9-17(15)21/h2-9,11,13,18-20,25H,10,12H2,1H3,(H,26,29). The van der Waals surface area contributed by atoms with Gasteiger partial charge in [0.15, 0.2) is 0 Å².